The van der Waals surface area contributed by atoms with Gasteiger partial charge in [-0.15, -0.1) is 0 Å². The molecule has 1 aliphatic rings. The van der Waals surface area contributed by atoms with Crippen molar-refractivity contribution in [3.05, 3.63) is 40.6 Å². The van der Waals surface area contributed by atoms with E-state index in [1.54, 1.807) is 30.5 Å². The molecule has 1 fully saturated rings. The molecule has 2 aromatic rings. The topological polar surface area (TPSA) is 80.1 Å². The molecule has 0 bridgehead atoms. The number of hydrogen-bond donors (Lipinski definition) is 2. The summed E-state index contributed by atoms with van der Waals surface area (Å²) in [5.74, 6) is 0.717. The van der Waals surface area contributed by atoms with Crippen molar-refractivity contribution in [1.82, 2.24) is 10.3 Å². The van der Waals surface area contributed by atoms with Gasteiger partial charge >= 0.3 is 0 Å². The van der Waals surface area contributed by atoms with E-state index in [0.717, 1.165) is 37.7 Å². The first-order chi connectivity index (χ1) is 10.3. The molecule has 1 aliphatic heterocycles. The van der Waals surface area contributed by atoms with Crippen LogP contribution in [0.3, 0.4) is 0 Å². The van der Waals surface area contributed by atoms with Crippen LogP contribution in [0.15, 0.2) is 30.5 Å². The number of pyridine rings is 1. The van der Waals surface area contributed by atoms with Gasteiger partial charge < -0.3 is 10.6 Å². The lowest BCUT2D eigenvalue weighted by Crippen LogP contribution is -2.13. The zero-order valence-electron chi connectivity index (χ0n) is 11.7. The number of nitrogens with zero attached hydrogens (tertiary/aromatic N) is 2. The van der Waals surface area contributed by atoms with E-state index in [1.165, 1.54) is 6.42 Å². The Morgan fingerprint density at radius 3 is 3.10 bits per heavy atom. The largest absolute Gasteiger partial charge is 0.383 e. The van der Waals surface area contributed by atoms with E-state index in [9.17, 15) is 10.1 Å². The summed E-state index contributed by atoms with van der Waals surface area (Å²) in [4.78, 5) is 15.0. The number of benzene rings is 1. The smallest absolute Gasteiger partial charge is 0.278 e. The van der Waals surface area contributed by atoms with E-state index >= 15 is 0 Å². The minimum atomic E-state index is -0.363. The third kappa shape index (κ3) is 2.95. The van der Waals surface area contributed by atoms with Gasteiger partial charge in [-0.3, -0.25) is 15.1 Å². The van der Waals surface area contributed by atoms with Crippen molar-refractivity contribution in [3.8, 4) is 0 Å². The fraction of sp³-hybridized carbons (Fsp3) is 0.400. The van der Waals surface area contributed by atoms with Crippen molar-refractivity contribution in [1.29, 1.82) is 0 Å². The second-order valence-corrected chi connectivity index (χ2v) is 5.36. The van der Waals surface area contributed by atoms with Crippen molar-refractivity contribution in [2.75, 3.05) is 25.0 Å². The van der Waals surface area contributed by atoms with Crippen LogP contribution in [-0.4, -0.2) is 29.5 Å². The van der Waals surface area contributed by atoms with E-state index in [0.29, 0.717) is 10.9 Å². The molecule has 21 heavy (non-hydrogen) atoms. The molecule has 2 heterocycles. The van der Waals surface area contributed by atoms with Crippen LogP contribution in [0, 0.1) is 16.0 Å². The molecule has 1 unspecified atom stereocenters. The Bertz CT molecular complexity index is 653. The highest BCUT2D eigenvalue weighted by Crippen LogP contribution is 2.29. The molecule has 6 heteroatoms. The van der Waals surface area contributed by atoms with Crippen LogP contribution in [0.5, 0.6) is 0 Å². The lowest BCUT2D eigenvalue weighted by molar-refractivity contribution is -0.383. The molecule has 3 rings (SSSR count). The minimum Gasteiger partial charge on any atom is -0.383 e. The average Bonchev–Trinajstić information content (AvgIpc) is 3.00. The Morgan fingerprint density at radius 2 is 2.33 bits per heavy atom. The Hall–Kier alpha value is -2.21. The lowest BCUT2D eigenvalue weighted by Gasteiger charge is -2.12. The number of aromatic nitrogens is 1. The summed E-state index contributed by atoms with van der Waals surface area (Å²) >= 11 is 0. The maximum atomic E-state index is 11.1. The first kappa shape index (κ1) is 13.8. The van der Waals surface area contributed by atoms with E-state index < -0.39 is 0 Å². The molecule has 1 saturated heterocycles. The molecule has 6 nitrogen and oxygen atoms in total. The molecule has 1 atom stereocenters. The number of nitro benzene ring substituents is 1. The number of fused-ring (bicyclic) bond motifs is 1. The Morgan fingerprint density at radius 1 is 1.43 bits per heavy atom. The van der Waals surface area contributed by atoms with Gasteiger partial charge in [0.2, 0.25) is 0 Å². The number of nitrogens with one attached hydrogen (secondary N) is 2. The zero-order chi connectivity index (χ0) is 14.7. The van der Waals surface area contributed by atoms with Crippen molar-refractivity contribution in [3.63, 3.8) is 0 Å². The summed E-state index contributed by atoms with van der Waals surface area (Å²) in [6, 6.07) is 6.76. The van der Waals surface area contributed by atoms with Crippen molar-refractivity contribution >= 4 is 22.3 Å². The fourth-order valence-electron chi connectivity index (χ4n) is 2.83. The monoisotopic (exact) mass is 286 g/mol. The van der Waals surface area contributed by atoms with E-state index in [-0.39, 0.29) is 10.6 Å². The van der Waals surface area contributed by atoms with Crippen LogP contribution in [0.2, 0.25) is 0 Å². The maximum absolute atomic E-state index is 11.1. The maximum Gasteiger partial charge on any atom is 0.278 e. The van der Waals surface area contributed by atoms with Gasteiger partial charge in [-0.05, 0) is 50.0 Å². The van der Waals surface area contributed by atoms with Crippen LogP contribution in [0.4, 0.5) is 11.4 Å². The zero-order valence-corrected chi connectivity index (χ0v) is 11.7. The molecule has 110 valence electrons. The van der Waals surface area contributed by atoms with Gasteiger partial charge in [0.25, 0.3) is 5.69 Å². The molecule has 0 aliphatic carbocycles. The highest BCUT2D eigenvalue weighted by atomic mass is 16.6. The van der Waals surface area contributed by atoms with Crippen LogP contribution in [-0.2, 0) is 0 Å². The predicted octanol–water partition coefficient (Wildman–Crippen LogP) is 2.55. The Labute approximate surface area is 122 Å². The first-order valence-electron chi connectivity index (χ1n) is 7.22. The highest BCUT2D eigenvalue weighted by molar-refractivity contribution is 5.96. The Kier molecular flexibility index (Phi) is 3.96. The SMILES string of the molecule is O=[N+]([O-])c1ccc(NCCC2CCNC2)c2ncccc12. The number of hydrogen-bond acceptors (Lipinski definition) is 5. The first-order valence-corrected chi connectivity index (χ1v) is 7.22. The molecular weight excluding hydrogens is 268 g/mol. The minimum absolute atomic E-state index is 0.101. The summed E-state index contributed by atoms with van der Waals surface area (Å²) in [6.07, 6.45) is 3.98. The number of nitro groups is 1. The fourth-order valence-corrected chi connectivity index (χ4v) is 2.83. The van der Waals surface area contributed by atoms with Crippen LogP contribution < -0.4 is 10.6 Å². The second kappa shape index (κ2) is 6.05. The summed E-state index contributed by atoms with van der Waals surface area (Å²) in [5, 5.41) is 18.4. The lowest BCUT2D eigenvalue weighted by atomic mass is 10.1. The van der Waals surface area contributed by atoms with E-state index in [4.69, 9.17) is 0 Å². The second-order valence-electron chi connectivity index (χ2n) is 5.36. The van der Waals surface area contributed by atoms with Gasteiger partial charge in [-0.1, -0.05) is 0 Å². The van der Waals surface area contributed by atoms with Crippen LogP contribution in [0.25, 0.3) is 10.9 Å². The molecule has 2 N–H and O–H groups in total. The number of non-ortho nitro benzene ring substituents is 1. The summed E-state index contributed by atoms with van der Waals surface area (Å²) in [5.41, 5.74) is 1.63. The van der Waals surface area contributed by atoms with Gasteiger partial charge in [-0.25, -0.2) is 0 Å². The summed E-state index contributed by atoms with van der Waals surface area (Å²) in [7, 11) is 0. The van der Waals surface area contributed by atoms with E-state index in [1.807, 2.05) is 0 Å². The molecule has 0 saturated carbocycles. The van der Waals surface area contributed by atoms with Crippen LogP contribution >= 0.6 is 0 Å². The average molecular weight is 286 g/mol. The van der Waals surface area contributed by atoms with Crippen molar-refractivity contribution in [2.45, 2.75) is 12.8 Å². The normalized spacial score (nSPS) is 18.0. The van der Waals surface area contributed by atoms with E-state index in [2.05, 4.69) is 15.6 Å². The number of rotatable bonds is 5. The molecule has 0 radical (unpaired) electrons. The standard InChI is InChI=1S/C15H18N4O2/c20-19(21)14-4-3-13(15-12(14)2-1-7-18-15)17-9-6-11-5-8-16-10-11/h1-4,7,11,16-17H,5-6,8-10H2. The number of anilines is 1. The molecule has 1 aromatic heterocycles. The van der Waals surface area contributed by atoms with Crippen molar-refractivity contribution < 1.29 is 4.92 Å². The molecule has 0 amide bonds. The molecule has 0 spiro atoms. The van der Waals surface area contributed by atoms with Crippen LogP contribution in [0.1, 0.15) is 12.8 Å². The van der Waals surface area contributed by atoms with Gasteiger partial charge in [0.1, 0.15) is 5.52 Å². The van der Waals surface area contributed by atoms with Gasteiger partial charge in [0.15, 0.2) is 0 Å². The Balaban J connectivity index is 1.79. The van der Waals surface area contributed by atoms with Gasteiger partial charge in [0.05, 0.1) is 16.0 Å². The van der Waals surface area contributed by atoms with Crippen molar-refractivity contribution in [2.24, 2.45) is 5.92 Å². The molecule has 1 aromatic carbocycles. The highest BCUT2D eigenvalue weighted by Gasteiger charge is 2.16. The predicted molar refractivity (Wildman–Crippen MR) is 82.5 cm³/mol. The third-order valence-electron chi connectivity index (χ3n) is 3.97. The van der Waals surface area contributed by atoms with Gasteiger partial charge in [0, 0.05) is 18.8 Å². The third-order valence-corrected chi connectivity index (χ3v) is 3.97. The summed E-state index contributed by atoms with van der Waals surface area (Å²) in [6.45, 7) is 3.05. The molecular formula is C15H18N4O2. The quantitative estimate of drug-likeness (QED) is 0.652. The summed E-state index contributed by atoms with van der Waals surface area (Å²) < 4.78 is 0. The van der Waals surface area contributed by atoms with Gasteiger partial charge in [-0.2, -0.15) is 0 Å².